The van der Waals surface area contributed by atoms with E-state index in [1.165, 1.54) is 5.56 Å². The lowest BCUT2D eigenvalue weighted by atomic mass is 9.99. The van der Waals surface area contributed by atoms with E-state index in [1.54, 1.807) is 12.1 Å². The molecular weight excluding hydrogens is 264 g/mol. The van der Waals surface area contributed by atoms with Gasteiger partial charge in [0.1, 0.15) is 0 Å². The van der Waals surface area contributed by atoms with Gasteiger partial charge in [-0.1, -0.05) is 49.4 Å². The predicted octanol–water partition coefficient (Wildman–Crippen LogP) is 3.88. The summed E-state index contributed by atoms with van der Waals surface area (Å²) >= 11 is 0. The molecule has 0 aliphatic carbocycles. The van der Waals surface area contributed by atoms with E-state index >= 15 is 0 Å². The normalized spacial score (nSPS) is 12.0. The van der Waals surface area contributed by atoms with E-state index in [-0.39, 0.29) is 10.6 Å². The van der Waals surface area contributed by atoms with Gasteiger partial charge in [-0.25, -0.2) is 0 Å². The second kappa shape index (κ2) is 7.55. The lowest BCUT2D eigenvalue weighted by molar-refractivity contribution is -0.384. The van der Waals surface area contributed by atoms with Crippen molar-refractivity contribution in [2.24, 2.45) is 0 Å². The average molecular weight is 284 g/mol. The number of non-ortho nitro benzene ring substituents is 1. The van der Waals surface area contributed by atoms with Crippen LogP contribution < -0.4 is 5.32 Å². The molecule has 0 aliphatic rings. The first-order valence-corrected chi connectivity index (χ1v) is 7.22. The minimum Gasteiger partial charge on any atom is -0.310 e. The number of nitro benzene ring substituents is 1. The van der Waals surface area contributed by atoms with Crippen LogP contribution >= 0.6 is 0 Å². The van der Waals surface area contributed by atoms with E-state index in [2.05, 4.69) is 24.4 Å². The lowest BCUT2D eigenvalue weighted by Crippen LogP contribution is -2.21. The molecule has 0 fully saturated rings. The van der Waals surface area contributed by atoms with Crippen LogP contribution in [-0.2, 0) is 6.42 Å². The molecule has 2 aromatic rings. The van der Waals surface area contributed by atoms with Gasteiger partial charge in [-0.3, -0.25) is 10.1 Å². The minimum atomic E-state index is -0.366. The number of rotatable bonds is 7. The number of nitrogens with one attached hydrogen (secondary N) is 1. The van der Waals surface area contributed by atoms with Crippen molar-refractivity contribution >= 4 is 5.69 Å². The van der Waals surface area contributed by atoms with Crippen molar-refractivity contribution in [3.63, 3.8) is 0 Å². The molecule has 0 spiro atoms. The summed E-state index contributed by atoms with van der Waals surface area (Å²) < 4.78 is 0. The average Bonchev–Trinajstić information content (AvgIpc) is 2.52. The Morgan fingerprint density at radius 2 is 1.76 bits per heavy atom. The molecule has 1 atom stereocenters. The minimum absolute atomic E-state index is 0.144. The van der Waals surface area contributed by atoms with Gasteiger partial charge in [0, 0.05) is 18.2 Å². The van der Waals surface area contributed by atoms with Crippen molar-refractivity contribution in [3.8, 4) is 0 Å². The SMILES string of the molecule is CCNC(CCc1ccc([N+](=O)[O-])cc1)c1ccccc1. The Kier molecular flexibility index (Phi) is 5.46. The molecule has 0 radical (unpaired) electrons. The van der Waals surface area contributed by atoms with Gasteiger partial charge < -0.3 is 5.32 Å². The highest BCUT2D eigenvalue weighted by Crippen LogP contribution is 2.20. The van der Waals surface area contributed by atoms with Crippen LogP contribution in [-0.4, -0.2) is 11.5 Å². The Morgan fingerprint density at radius 1 is 1.10 bits per heavy atom. The van der Waals surface area contributed by atoms with E-state index in [0.29, 0.717) is 6.04 Å². The first-order valence-electron chi connectivity index (χ1n) is 7.22. The third-order valence-electron chi connectivity index (χ3n) is 3.52. The van der Waals surface area contributed by atoms with E-state index in [9.17, 15) is 10.1 Å². The van der Waals surface area contributed by atoms with E-state index in [1.807, 2.05) is 30.3 Å². The standard InChI is InChI=1S/C17H20N2O2/c1-2-18-17(15-6-4-3-5-7-15)13-10-14-8-11-16(12-9-14)19(20)21/h3-9,11-12,17-18H,2,10,13H2,1H3. The fourth-order valence-electron chi connectivity index (χ4n) is 2.41. The zero-order chi connectivity index (χ0) is 15.1. The van der Waals surface area contributed by atoms with E-state index < -0.39 is 0 Å². The molecule has 2 rings (SSSR count). The van der Waals surface area contributed by atoms with Gasteiger partial charge in [-0.2, -0.15) is 0 Å². The molecule has 2 aromatic carbocycles. The van der Waals surface area contributed by atoms with Gasteiger partial charge in [-0.15, -0.1) is 0 Å². The fourth-order valence-corrected chi connectivity index (χ4v) is 2.41. The van der Waals surface area contributed by atoms with Crippen molar-refractivity contribution < 1.29 is 4.92 Å². The van der Waals surface area contributed by atoms with Crippen LogP contribution in [0.15, 0.2) is 54.6 Å². The molecule has 1 unspecified atom stereocenters. The molecule has 0 saturated carbocycles. The third-order valence-corrected chi connectivity index (χ3v) is 3.52. The summed E-state index contributed by atoms with van der Waals surface area (Å²) in [5, 5.41) is 14.1. The molecule has 0 amide bonds. The zero-order valence-electron chi connectivity index (χ0n) is 12.2. The van der Waals surface area contributed by atoms with Crippen LogP contribution in [0.4, 0.5) is 5.69 Å². The predicted molar refractivity (Wildman–Crippen MR) is 84.3 cm³/mol. The van der Waals surface area contributed by atoms with Crippen molar-refractivity contribution in [1.29, 1.82) is 0 Å². The molecule has 21 heavy (non-hydrogen) atoms. The van der Waals surface area contributed by atoms with Gasteiger partial charge in [0.25, 0.3) is 5.69 Å². The maximum Gasteiger partial charge on any atom is 0.269 e. The van der Waals surface area contributed by atoms with Gasteiger partial charge in [-0.05, 0) is 30.5 Å². The molecule has 0 aliphatic heterocycles. The Morgan fingerprint density at radius 3 is 2.33 bits per heavy atom. The molecule has 110 valence electrons. The van der Waals surface area contributed by atoms with Gasteiger partial charge in [0.15, 0.2) is 0 Å². The Balaban J connectivity index is 2.00. The highest BCUT2D eigenvalue weighted by Gasteiger charge is 2.10. The summed E-state index contributed by atoms with van der Waals surface area (Å²) in [6.45, 7) is 3.02. The van der Waals surface area contributed by atoms with Crippen LogP contribution in [0.1, 0.15) is 30.5 Å². The Bertz CT molecular complexity index is 567. The summed E-state index contributed by atoms with van der Waals surface area (Å²) in [4.78, 5) is 10.3. The number of nitrogens with zero attached hydrogens (tertiary/aromatic N) is 1. The molecule has 0 saturated heterocycles. The van der Waals surface area contributed by atoms with Gasteiger partial charge in [0.2, 0.25) is 0 Å². The summed E-state index contributed by atoms with van der Waals surface area (Å²) in [5.41, 5.74) is 2.55. The summed E-state index contributed by atoms with van der Waals surface area (Å²) in [7, 11) is 0. The summed E-state index contributed by atoms with van der Waals surface area (Å²) in [6.07, 6.45) is 1.86. The maximum absolute atomic E-state index is 10.6. The first-order chi connectivity index (χ1) is 10.2. The molecule has 4 nitrogen and oxygen atoms in total. The van der Waals surface area contributed by atoms with Gasteiger partial charge >= 0.3 is 0 Å². The molecule has 0 aromatic heterocycles. The van der Waals surface area contributed by atoms with Crippen molar-refractivity contribution in [2.45, 2.75) is 25.8 Å². The number of hydrogen-bond acceptors (Lipinski definition) is 3. The van der Waals surface area contributed by atoms with Crippen LogP contribution in [0.5, 0.6) is 0 Å². The zero-order valence-corrected chi connectivity index (χ0v) is 12.2. The molecule has 0 heterocycles. The second-order valence-corrected chi connectivity index (χ2v) is 4.98. The van der Waals surface area contributed by atoms with Crippen LogP contribution in [0.3, 0.4) is 0 Å². The quantitative estimate of drug-likeness (QED) is 0.620. The highest BCUT2D eigenvalue weighted by molar-refractivity contribution is 5.33. The first kappa shape index (κ1) is 15.2. The molecular formula is C17H20N2O2. The molecule has 1 N–H and O–H groups in total. The second-order valence-electron chi connectivity index (χ2n) is 4.98. The van der Waals surface area contributed by atoms with Crippen molar-refractivity contribution in [2.75, 3.05) is 6.54 Å². The largest absolute Gasteiger partial charge is 0.310 e. The number of benzene rings is 2. The number of nitro groups is 1. The Labute approximate surface area is 125 Å². The fraction of sp³-hybridized carbons (Fsp3) is 0.294. The van der Waals surface area contributed by atoms with Crippen LogP contribution in [0.2, 0.25) is 0 Å². The van der Waals surface area contributed by atoms with Crippen molar-refractivity contribution in [1.82, 2.24) is 5.32 Å². The Hall–Kier alpha value is -2.20. The lowest BCUT2D eigenvalue weighted by Gasteiger charge is -2.18. The third kappa shape index (κ3) is 4.39. The van der Waals surface area contributed by atoms with Crippen LogP contribution in [0, 0.1) is 10.1 Å². The number of hydrogen-bond donors (Lipinski definition) is 1. The monoisotopic (exact) mass is 284 g/mol. The van der Waals surface area contributed by atoms with E-state index in [4.69, 9.17) is 0 Å². The maximum atomic E-state index is 10.6. The number of aryl methyl sites for hydroxylation is 1. The molecule has 4 heteroatoms. The summed E-state index contributed by atoms with van der Waals surface area (Å²) in [6, 6.07) is 17.5. The van der Waals surface area contributed by atoms with Crippen molar-refractivity contribution in [3.05, 3.63) is 75.8 Å². The van der Waals surface area contributed by atoms with Gasteiger partial charge in [0.05, 0.1) is 4.92 Å². The molecule has 0 bridgehead atoms. The topological polar surface area (TPSA) is 55.2 Å². The smallest absolute Gasteiger partial charge is 0.269 e. The summed E-state index contributed by atoms with van der Waals surface area (Å²) in [5.74, 6) is 0. The van der Waals surface area contributed by atoms with E-state index in [0.717, 1.165) is 24.9 Å². The highest BCUT2D eigenvalue weighted by atomic mass is 16.6. The van der Waals surface area contributed by atoms with Crippen LogP contribution in [0.25, 0.3) is 0 Å².